The van der Waals surface area contributed by atoms with Gasteiger partial charge in [0.25, 0.3) is 0 Å². The number of ether oxygens (including phenoxy) is 1. The lowest BCUT2D eigenvalue weighted by molar-refractivity contribution is -0.122. The van der Waals surface area contributed by atoms with Crippen molar-refractivity contribution in [3.05, 3.63) is 76.9 Å². The Bertz CT molecular complexity index is 994. The van der Waals surface area contributed by atoms with Crippen molar-refractivity contribution in [3.63, 3.8) is 0 Å². The Labute approximate surface area is 185 Å². The molecule has 2 aromatic carbocycles. The van der Waals surface area contributed by atoms with E-state index in [1.54, 1.807) is 40.0 Å². The number of nitrogens with one attached hydrogen (secondary N) is 2. The Balaban J connectivity index is 2.22. The van der Waals surface area contributed by atoms with E-state index in [1.165, 1.54) is 0 Å². The molecule has 0 aliphatic carbocycles. The van der Waals surface area contributed by atoms with E-state index in [-0.39, 0.29) is 17.4 Å². The highest BCUT2D eigenvalue weighted by atomic mass is 32.2. The van der Waals surface area contributed by atoms with Crippen LogP contribution in [0.1, 0.15) is 29.2 Å². The van der Waals surface area contributed by atoms with Gasteiger partial charge in [0, 0.05) is 7.05 Å². The first-order chi connectivity index (χ1) is 14.6. The van der Waals surface area contributed by atoms with Gasteiger partial charge in [-0.25, -0.2) is 13.1 Å². The fourth-order valence-corrected chi connectivity index (χ4v) is 5.10. The molecular weight excluding hydrogens is 412 g/mol. The average Bonchev–Trinajstić information content (AvgIpc) is 2.70. The summed E-state index contributed by atoms with van der Waals surface area (Å²) in [5, 5.41) is 2.59. The summed E-state index contributed by atoms with van der Waals surface area (Å²) in [4.78, 5) is 12.1. The summed E-state index contributed by atoms with van der Waals surface area (Å²) in [6.07, 6.45) is 3.37. The van der Waals surface area contributed by atoms with Crippen LogP contribution in [0.25, 0.3) is 0 Å². The molecule has 6 nitrogen and oxygen atoms in total. The molecule has 168 valence electrons. The van der Waals surface area contributed by atoms with Crippen LogP contribution in [0.15, 0.2) is 59.5 Å². The van der Waals surface area contributed by atoms with Crippen LogP contribution in [0.3, 0.4) is 0 Å². The zero-order chi connectivity index (χ0) is 23.0. The summed E-state index contributed by atoms with van der Waals surface area (Å²) < 4.78 is 34.9. The van der Waals surface area contributed by atoms with Gasteiger partial charge in [0.1, 0.15) is 0 Å². The van der Waals surface area contributed by atoms with E-state index in [0.29, 0.717) is 17.7 Å². The summed E-state index contributed by atoms with van der Waals surface area (Å²) in [6, 6.07) is 12.7. The normalized spacial score (nSPS) is 13.8. The van der Waals surface area contributed by atoms with Crippen molar-refractivity contribution in [2.24, 2.45) is 5.92 Å². The van der Waals surface area contributed by atoms with E-state index in [4.69, 9.17) is 4.74 Å². The number of rotatable bonds is 10. The van der Waals surface area contributed by atoms with Gasteiger partial charge >= 0.3 is 0 Å². The van der Waals surface area contributed by atoms with Gasteiger partial charge in [0.2, 0.25) is 15.9 Å². The van der Waals surface area contributed by atoms with Crippen LogP contribution >= 0.6 is 0 Å². The summed E-state index contributed by atoms with van der Waals surface area (Å²) in [7, 11) is -2.22. The molecule has 0 fully saturated rings. The van der Waals surface area contributed by atoms with Gasteiger partial charge in [-0.15, -0.1) is 0 Å². The van der Waals surface area contributed by atoms with Gasteiger partial charge in [-0.2, -0.15) is 0 Å². The second kappa shape index (κ2) is 11.2. The molecule has 0 aliphatic rings. The molecular formula is C24H32N2O4S. The van der Waals surface area contributed by atoms with Gasteiger partial charge in [0.15, 0.2) is 0 Å². The van der Waals surface area contributed by atoms with Crippen molar-refractivity contribution in [1.82, 2.24) is 10.0 Å². The quantitative estimate of drug-likeness (QED) is 0.550. The Morgan fingerprint density at radius 2 is 1.68 bits per heavy atom. The number of carbonyl (C=O) groups is 1. The third-order valence-electron chi connectivity index (χ3n) is 4.88. The molecule has 0 saturated heterocycles. The third kappa shape index (κ3) is 7.31. The second-order valence-corrected chi connectivity index (χ2v) is 9.39. The fraction of sp³-hybridized carbons (Fsp3) is 0.375. The lowest BCUT2D eigenvalue weighted by Gasteiger charge is -2.19. The first kappa shape index (κ1) is 24.8. The predicted octanol–water partition coefficient (Wildman–Crippen LogP) is 3.41. The molecule has 1 amide bonds. The van der Waals surface area contributed by atoms with Crippen LogP contribution in [0, 0.1) is 26.7 Å². The molecule has 0 saturated carbocycles. The zero-order valence-corrected chi connectivity index (χ0v) is 19.6. The molecule has 2 N–H and O–H groups in total. The number of amides is 1. The minimum Gasteiger partial charge on any atom is -0.375 e. The van der Waals surface area contributed by atoms with E-state index in [2.05, 4.69) is 10.0 Å². The Morgan fingerprint density at radius 3 is 2.26 bits per heavy atom. The molecule has 0 aliphatic heterocycles. The van der Waals surface area contributed by atoms with Crippen LogP contribution < -0.4 is 10.0 Å². The van der Waals surface area contributed by atoms with Gasteiger partial charge < -0.3 is 10.1 Å². The van der Waals surface area contributed by atoms with Crippen molar-refractivity contribution >= 4 is 15.9 Å². The van der Waals surface area contributed by atoms with Crippen LogP contribution in [-0.4, -0.2) is 34.0 Å². The summed E-state index contributed by atoms with van der Waals surface area (Å²) >= 11 is 0. The van der Waals surface area contributed by atoms with Gasteiger partial charge in [0.05, 0.1) is 30.1 Å². The largest absolute Gasteiger partial charge is 0.375 e. The lowest BCUT2D eigenvalue weighted by Crippen LogP contribution is -2.37. The molecule has 0 bridgehead atoms. The van der Waals surface area contributed by atoms with E-state index in [0.717, 1.165) is 11.1 Å². The average molecular weight is 445 g/mol. The first-order valence-corrected chi connectivity index (χ1v) is 11.7. The van der Waals surface area contributed by atoms with Crippen molar-refractivity contribution in [2.75, 3.05) is 13.7 Å². The maximum Gasteiger partial charge on any atom is 0.241 e. The molecule has 0 unspecified atom stereocenters. The molecule has 0 radical (unpaired) electrons. The second-order valence-electron chi connectivity index (χ2n) is 7.74. The molecule has 0 spiro atoms. The zero-order valence-electron chi connectivity index (χ0n) is 18.8. The molecule has 2 atom stereocenters. The number of hydrogen-bond donors (Lipinski definition) is 2. The minimum atomic E-state index is -3.79. The number of aryl methyl sites for hydroxylation is 3. The Morgan fingerprint density at radius 1 is 1.06 bits per heavy atom. The van der Waals surface area contributed by atoms with Crippen molar-refractivity contribution in [2.45, 2.75) is 45.2 Å². The Kier molecular flexibility index (Phi) is 8.98. The molecule has 31 heavy (non-hydrogen) atoms. The van der Waals surface area contributed by atoms with Gasteiger partial charge in [-0.3, -0.25) is 4.79 Å². The number of carbonyl (C=O) groups excluding carboxylic acids is 1. The molecule has 0 aromatic heterocycles. The molecule has 2 aromatic rings. The monoisotopic (exact) mass is 444 g/mol. The number of hydrogen-bond acceptors (Lipinski definition) is 4. The predicted molar refractivity (Wildman–Crippen MR) is 123 cm³/mol. The van der Waals surface area contributed by atoms with Crippen LogP contribution in [0.2, 0.25) is 0 Å². The van der Waals surface area contributed by atoms with E-state index >= 15 is 0 Å². The molecule has 0 heterocycles. The number of benzene rings is 2. The minimum absolute atomic E-state index is 0.134. The highest BCUT2D eigenvalue weighted by molar-refractivity contribution is 7.89. The summed E-state index contributed by atoms with van der Waals surface area (Å²) in [6.45, 7) is 7.76. The van der Waals surface area contributed by atoms with Gasteiger partial charge in [-0.05, 0) is 37.5 Å². The lowest BCUT2D eigenvalue weighted by atomic mass is 10.1. The number of sulfonamides is 1. The Hall–Kier alpha value is -2.48. The fourth-order valence-electron chi connectivity index (χ4n) is 3.47. The standard InChI is InChI=1S/C24H32N2O4S/c1-17-13-19(3)23(20(4)14-17)31(28,29)26-22(12-11-18(2)24(27)25-5)16-30-15-21-9-7-6-8-10-21/h6-14,18,22,26H,15-16H2,1-5H3,(H,25,27)/b12-11+/t18-,22-/m0/s1. The van der Waals surface area contributed by atoms with Crippen molar-refractivity contribution in [1.29, 1.82) is 0 Å². The van der Waals surface area contributed by atoms with Crippen LogP contribution in [0.4, 0.5) is 0 Å². The van der Waals surface area contributed by atoms with Crippen molar-refractivity contribution < 1.29 is 17.9 Å². The van der Waals surface area contributed by atoms with E-state index < -0.39 is 22.0 Å². The molecule has 7 heteroatoms. The first-order valence-electron chi connectivity index (χ1n) is 10.3. The van der Waals surface area contributed by atoms with E-state index in [1.807, 2.05) is 49.4 Å². The molecule has 2 rings (SSSR count). The smallest absolute Gasteiger partial charge is 0.241 e. The highest BCUT2D eigenvalue weighted by Crippen LogP contribution is 2.22. The summed E-state index contributed by atoms with van der Waals surface area (Å²) in [5.74, 6) is -0.540. The maximum absolute atomic E-state index is 13.2. The van der Waals surface area contributed by atoms with Crippen molar-refractivity contribution in [3.8, 4) is 0 Å². The van der Waals surface area contributed by atoms with Gasteiger partial charge in [-0.1, -0.05) is 67.1 Å². The highest BCUT2D eigenvalue weighted by Gasteiger charge is 2.23. The topological polar surface area (TPSA) is 84.5 Å². The van der Waals surface area contributed by atoms with E-state index in [9.17, 15) is 13.2 Å². The maximum atomic E-state index is 13.2. The summed E-state index contributed by atoms with van der Waals surface area (Å²) in [5.41, 5.74) is 3.39. The third-order valence-corrected chi connectivity index (χ3v) is 6.68. The van der Waals surface area contributed by atoms with Crippen LogP contribution in [-0.2, 0) is 26.2 Å². The SMILES string of the molecule is CNC(=O)[C@@H](C)/C=C/[C@@H](COCc1ccccc1)NS(=O)(=O)c1c(C)cc(C)cc1C. The van der Waals surface area contributed by atoms with Crippen LogP contribution in [0.5, 0.6) is 0 Å².